The van der Waals surface area contributed by atoms with E-state index in [1.54, 1.807) is 25.3 Å². The summed E-state index contributed by atoms with van der Waals surface area (Å²) in [5.74, 6) is 0.527. The largest absolute Gasteiger partial charge is 0.495 e. The van der Waals surface area contributed by atoms with Gasteiger partial charge in [0.25, 0.3) is 11.8 Å². The van der Waals surface area contributed by atoms with E-state index in [0.717, 1.165) is 43.3 Å². The van der Waals surface area contributed by atoms with Crippen LogP contribution in [0.1, 0.15) is 34.8 Å². The second-order valence-corrected chi connectivity index (χ2v) is 8.44. The van der Waals surface area contributed by atoms with Crippen LogP contribution in [-0.2, 0) is 0 Å². The van der Waals surface area contributed by atoms with Crippen LogP contribution in [0.2, 0.25) is 0 Å². The summed E-state index contributed by atoms with van der Waals surface area (Å²) in [6, 6.07) is 16.7. The maximum Gasteiger partial charge on any atom is 0.291 e. The summed E-state index contributed by atoms with van der Waals surface area (Å²) in [6.45, 7) is 6.93. The van der Waals surface area contributed by atoms with E-state index in [9.17, 15) is 9.59 Å². The highest BCUT2D eigenvalue weighted by Crippen LogP contribution is 2.31. The number of carbonyl (C=O) groups is 2. The van der Waals surface area contributed by atoms with Crippen molar-refractivity contribution in [3.8, 4) is 5.75 Å². The maximum atomic E-state index is 13.1. The molecule has 3 aromatic rings. The van der Waals surface area contributed by atoms with E-state index in [2.05, 4.69) is 26.5 Å². The van der Waals surface area contributed by atoms with Gasteiger partial charge in [0, 0.05) is 43.6 Å². The number of hydrogen-bond donors (Lipinski definition) is 2. The predicted molar refractivity (Wildman–Crippen MR) is 133 cm³/mol. The number of ether oxygens (including phenoxy) is 1. The molecule has 1 aromatic heterocycles. The first-order valence-electron chi connectivity index (χ1n) is 11.4. The Bertz CT molecular complexity index is 1140. The van der Waals surface area contributed by atoms with Gasteiger partial charge in [0.2, 0.25) is 0 Å². The van der Waals surface area contributed by atoms with Crippen molar-refractivity contribution in [2.24, 2.45) is 0 Å². The maximum absolute atomic E-state index is 13.1. The molecule has 2 heterocycles. The van der Waals surface area contributed by atoms with Gasteiger partial charge in [-0.05, 0) is 56.3 Å². The normalized spacial score (nSPS) is 13.6. The van der Waals surface area contributed by atoms with Gasteiger partial charge in [-0.3, -0.25) is 9.59 Å². The molecule has 178 valence electrons. The fourth-order valence-corrected chi connectivity index (χ4v) is 4.09. The van der Waals surface area contributed by atoms with E-state index >= 15 is 0 Å². The molecule has 1 aliphatic rings. The Labute approximate surface area is 199 Å². The Hall–Kier alpha value is -3.94. The average molecular weight is 463 g/mol. The highest BCUT2D eigenvalue weighted by atomic mass is 16.5. The van der Waals surface area contributed by atoms with Crippen LogP contribution in [0, 0.1) is 0 Å². The lowest BCUT2D eigenvalue weighted by atomic mass is 10.1. The van der Waals surface area contributed by atoms with Crippen LogP contribution in [0.4, 0.5) is 17.1 Å². The van der Waals surface area contributed by atoms with Crippen molar-refractivity contribution in [2.75, 3.05) is 48.4 Å². The number of furan rings is 1. The number of methoxy groups -OCH3 is 1. The monoisotopic (exact) mass is 462 g/mol. The van der Waals surface area contributed by atoms with Crippen molar-refractivity contribution in [1.82, 2.24) is 5.32 Å². The summed E-state index contributed by atoms with van der Waals surface area (Å²) in [4.78, 5) is 30.0. The number of anilines is 3. The van der Waals surface area contributed by atoms with Crippen molar-refractivity contribution in [1.29, 1.82) is 0 Å². The first kappa shape index (κ1) is 23.2. The minimum Gasteiger partial charge on any atom is -0.495 e. The van der Waals surface area contributed by atoms with E-state index in [1.165, 1.54) is 6.26 Å². The lowest BCUT2D eigenvalue weighted by molar-refractivity contribution is 0.0941. The van der Waals surface area contributed by atoms with Crippen LogP contribution in [0.25, 0.3) is 0 Å². The third-order valence-corrected chi connectivity index (χ3v) is 5.71. The van der Waals surface area contributed by atoms with Gasteiger partial charge < -0.3 is 29.6 Å². The highest BCUT2D eigenvalue weighted by Gasteiger charge is 2.24. The lowest BCUT2D eigenvalue weighted by Gasteiger charge is -2.38. The molecular formula is C26H30N4O4. The number of nitrogens with zero attached hydrogens (tertiary/aromatic N) is 2. The number of rotatable bonds is 7. The second kappa shape index (κ2) is 10.3. The molecule has 34 heavy (non-hydrogen) atoms. The van der Waals surface area contributed by atoms with Crippen molar-refractivity contribution >= 4 is 28.9 Å². The third-order valence-electron chi connectivity index (χ3n) is 5.71. The predicted octanol–water partition coefficient (Wildman–Crippen LogP) is 4.01. The molecule has 8 nitrogen and oxygen atoms in total. The minimum atomic E-state index is -0.363. The summed E-state index contributed by atoms with van der Waals surface area (Å²) in [7, 11) is 1.68. The standard InChI is InChI=1S/C26H30N4O4/c1-18(2)27-25(31)20-17-19(28-26(32)24-9-6-16-34-24)10-11-21(20)29-12-14-30(15-13-29)22-7-4-5-8-23(22)33-3/h4-11,16-18H,12-15H2,1-3H3,(H,27,31)(H,28,32). The summed E-state index contributed by atoms with van der Waals surface area (Å²) >= 11 is 0. The summed E-state index contributed by atoms with van der Waals surface area (Å²) < 4.78 is 10.7. The summed E-state index contributed by atoms with van der Waals surface area (Å²) in [5.41, 5.74) is 2.97. The van der Waals surface area contributed by atoms with Gasteiger partial charge in [-0.15, -0.1) is 0 Å². The van der Waals surface area contributed by atoms with Gasteiger partial charge in [-0.25, -0.2) is 0 Å². The zero-order valence-corrected chi connectivity index (χ0v) is 19.7. The molecule has 2 amide bonds. The number of para-hydroxylation sites is 2. The first-order valence-corrected chi connectivity index (χ1v) is 11.4. The third kappa shape index (κ3) is 5.17. The fourth-order valence-electron chi connectivity index (χ4n) is 4.09. The van der Waals surface area contributed by atoms with Gasteiger partial charge in [-0.2, -0.15) is 0 Å². The smallest absolute Gasteiger partial charge is 0.291 e. The number of benzene rings is 2. The number of hydrogen-bond acceptors (Lipinski definition) is 6. The second-order valence-electron chi connectivity index (χ2n) is 8.44. The number of carbonyl (C=O) groups excluding carboxylic acids is 2. The average Bonchev–Trinajstić information content (AvgIpc) is 3.39. The Morgan fingerprint density at radius 1 is 0.912 bits per heavy atom. The highest BCUT2D eigenvalue weighted by molar-refractivity contribution is 6.05. The molecule has 8 heteroatoms. The topological polar surface area (TPSA) is 87.1 Å². The molecule has 0 atom stereocenters. The Kier molecular flexibility index (Phi) is 7.06. The quantitative estimate of drug-likeness (QED) is 0.552. The van der Waals surface area contributed by atoms with Crippen LogP contribution < -0.4 is 25.2 Å². The SMILES string of the molecule is COc1ccccc1N1CCN(c2ccc(NC(=O)c3ccco3)cc2C(=O)NC(C)C)CC1. The molecule has 2 aromatic carbocycles. The van der Waals surface area contributed by atoms with Crippen molar-refractivity contribution < 1.29 is 18.7 Å². The molecule has 0 spiro atoms. The van der Waals surface area contributed by atoms with E-state index in [0.29, 0.717) is 11.3 Å². The van der Waals surface area contributed by atoms with Crippen molar-refractivity contribution in [2.45, 2.75) is 19.9 Å². The van der Waals surface area contributed by atoms with Crippen LogP contribution in [0.3, 0.4) is 0 Å². The first-order chi connectivity index (χ1) is 16.5. The minimum absolute atomic E-state index is 0.0101. The molecule has 1 fully saturated rings. The molecule has 0 bridgehead atoms. The Balaban J connectivity index is 1.54. The molecule has 0 unspecified atom stereocenters. The van der Waals surface area contributed by atoms with Gasteiger partial charge in [0.1, 0.15) is 5.75 Å². The fraction of sp³-hybridized carbons (Fsp3) is 0.308. The van der Waals surface area contributed by atoms with E-state index in [1.807, 2.05) is 44.2 Å². The van der Waals surface area contributed by atoms with Gasteiger partial charge in [0.05, 0.1) is 24.6 Å². The molecule has 0 radical (unpaired) electrons. The number of piperazine rings is 1. The summed E-state index contributed by atoms with van der Waals surface area (Å²) in [6.07, 6.45) is 1.45. The van der Waals surface area contributed by atoms with Crippen LogP contribution in [0.15, 0.2) is 65.3 Å². The van der Waals surface area contributed by atoms with Crippen LogP contribution >= 0.6 is 0 Å². The van der Waals surface area contributed by atoms with Gasteiger partial charge >= 0.3 is 0 Å². The zero-order chi connectivity index (χ0) is 24.1. The molecule has 0 saturated carbocycles. The molecule has 4 rings (SSSR count). The van der Waals surface area contributed by atoms with Gasteiger partial charge in [0.15, 0.2) is 5.76 Å². The lowest BCUT2D eigenvalue weighted by Crippen LogP contribution is -2.47. The molecule has 1 aliphatic heterocycles. The van der Waals surface area contributed by atoms with Crippen molar-refractivity contribution in [3.05, 3.63) is 72.2 Å². The Morgan fingerprint density at radius 2 is 1.62 bits per heavy atom. The molecule has 1 saturated heterocycles. The summed E-state index contributed by atoms with van der Waals surface area (Å²) in [5, 5.41) is 5.78. The number of nitrogens with one attached hydrogen (secondary N) is 2. The van der Waals surface area contributed by atoms with Gasteiger partial charge in [-0.1, -0.05) is 12.1 Å². The van der Waals surface area contributed by atoms with Crippen molar-refractivity contribution in [3.63, 3.8) is 0 Å². The molecule has 2 N–H and O–H groups in total. The Morgan fingerprint density at radius 3 is 2.26 bits per heavy atom. The van der Waals surface area contributed by atoms with E-state index < -0.39 is 0 Å². The van der Waals surface area contributed by atoms with E-state index in [4.69, 9.17) is 9.15 Å². The van der Waals surface area contributed by atoms with Crippen LogP contribution in [-0.4, -0.2) is 51.1 Å². The zero-order valence-electron chi connectivity index (χ0n) is 19.7. The van der Waals surface area contributed by atoms with E-state index in [-0.39, 0.29) is 23.6 Å². The molecular weight excluding hydrogens is 432 g/mol. The molecule has 0 aliphatic carbocycles. The van der Waals surface area contributed by atoms with Crippen LogP contribution in [0.5, 0.6) is 5.75 Å². The number of amides is 2.